The summed E-state index contributed by atoms with van der Waals surface area (Å²) in [6.45, 7) is 1.46. The Labute approximate surface area is 117 Å². The van der Waals surface area contributed by atoms with E-state index in [2.05, 4.69) is 0 Å². The van der Waals surface area contributed by atoms with Gasteiger partial charge >= 0.3 is 0 Å². The summed E-state index contributed by atoms with van der Waals surface area (Å²) in [5.41, 5.74) is 0.497. The van der Waals surface area contributed by atoms with Gasteiger partial charge in [0.1, 0.15) is 0 Å². The first-order chi connectivity index (χ1) is 9.12. The zero-order valence-electron chi connectivity index (χ0n) is 11.1. The highest BCUT2D eigenvalue weighted by Crippen LogP contribution is 2.37. The van der Waals surface area contributed by atoms with Gasteiger partial charge in [0, 0.05) is 25.5 Å². The van der Waals surface area contributed by atoms with E-state index < -0.39 is 0 Å². The molecule has 1 aromatic rings. The summed E-state index contributed by atoms with van der Waals surface area (Å²) in [7, 11) is 1.83. The van der Waals surface area contributed by atoms with Gasteiger partial charge in [-0.15, -0.1) is 0 Å². The summed E-state index contributed by atoms with van der Waals surface area (Å²) in [4.78, 5) is 28.3. The monoisotopic (exact) mass is 278 g/mol. The Balaban J connectivity index is 1.90. The van der Waals surface area contributed by atoms with Gasteiger partial charge < -0.3 is 9.80 Å². The van der Waals surface area contributed by atoms with Crippen LogP contribution >= 0.6 is 11.3 Å². The second-order valence-electron chi connectivity index (χ2n) is 5.58. The van der Waals surface area contributed by atoms with Gasteiger partial charge in [-0.2, -0.15) is 11.3 Å². The topological polar surface area (TPSA) is 40.6 Å². The van der Waals surface area contributed by atoms with Crippen molar-refractivity contribution in [2.24, 2.45) is 0 Å². The molecule has 2 saturated heterocycles. The zero-order chi connectivity index (χ0) is 13.5. The summed E-state index contributed by atoms with van der Waals surface area (Å²) in [6.07, 6.45) is 3.57. The van der Waals surface area contributed by atoms with E-state index in [1.54, 1.807) is 4.90 Å². The minimum absolute atomic E-state index is 0.0871. The molecular weight excluding hydrogens is 260 g/mol. The average molecular weight is 278 g/mol. The number of hydrogen-bond donors (Lipinski definition) is 0. The molecule has 1 atom stereocenters. The van der Waals surface area contributed by atoms with Crippen molar-refractivity contribution in [1.29, 1.82) is 0 Å². The smallest absolute Gasteiger partial charge is 0.255 e. The molecule has 0 N–H and O–H groups in total. The number of piperidine rings is 1. The summed E-state index contributed by atoms with van der Waals surface area (Å²) < 4.78 is 0. The van der Waals surface area contributed by atoms with Gasteiger partial charge in [-0.25, -0.2) is 0 Å². The fraction of sp³-hybridized carbons (Fsp3) is 0.571. The predicted molar refractivity (Wildman–Crippen MR) is 74.2 cm³/mol. The first-order valence-electron chi connectivity index (χ1n) is 6.71. The standard InChI is InChI=1S/C14H18N2O2S/c1-15-10-14(8-12(15)17)5-2-3-6-16(14)13(18)11-4-7-19-9-11/h4,7,9H,2-3,5-6,8,10H2,1H3/t14-/m1/s1. The molecule has 0 saturated carbocycles. The van der Waals surface area contributed by atoms with E-state index in [-0.39, 0.29) is 17.4 Å². The Kier molecular flexibility index (Phi) is 3.09. The van der Waals surface area contributed by atoms with Crippen molar-refractivity contribution < 1.29 is 9.59 Å². The van der Waals surface area contributed by atoms with E-state index in [1.165, 1.54) is 11.3 Å². The molecule has 4 nitrogen and oxygen atoms in total. The molecule has 5 heteroatoms. The van der Waals surface area contributed by atoms with E-state index in [1.807, 2.05) is 28.8 Å². The van der Waals surface area contributed by atoms with Gasteiger partial charge in [-0.1, -0.05) is 0 Å². The molecule has 3 heterocycles. The lowest BCUT2D eigenvalue weighted by Crippen LogP contribution is -2.55. The van der Waals surface area contributed by atoms with E-state index in [0.717, 1.165) is 31.4 Å². The first-order valence-corrected chi connectivity index (χ1v) is 7.65. The van der Waals surface area contributed by atoms with Crippen LogP contribution in [0.25, 0.3) is 0 Å². The Morgan fingerprint density at radius 1 is 1.42 bits per heavy atom. The van der Waals surface area contributed by atoms with E-state index in [0.29, 0.717) is 13.0 Å². The molecule has 2 amide bonds. The maximum atomic E-state index is 12.6. The highest BCUT2D eigenvalue weighted by molar-refractivity contribution is 7.08. The fourth-order valence-corrected chi connectivity index (χ4v) is 3.94. The second kappa shape index (κ2) is 4.63. The number of carbonyl (C=O) groups is 2. The van der Waals surface area contributed by atoms with Crippen molar-refractivity contribution in [3.05, 3.63) is 22.4 Å². The molecule has 0 bridgehead atoms. The van der Waals surface area contributed by atoms with Crippen LogP contribution in [0, 0.1) is 0 Å². The largest absolute Gasteiger partial charge is 0.343 e. The maximum absolute atomic E-state index is 12.6. The molecule has 0 aliphatic carbocycles. The molecule has 2 fully saturated rings. The quantitative estimate of drug-likeness (QED) is 0.788. The van der Waals surface area contributed by atoms with E-state index >= 15 is 0 Å². The van der Waals surface area contributed by atoms with Crippen LogP contribution in [0.1, 0.15) is 36.0 Å². The molecule has 2 aliphatic heterocycles. The van der Waals surface area contributed by atoms with Gasteiger partial charge in [0.2, 0.25) is 5.91 Å². The first kappa shape index (κ1) is 12.7. The lowest BCUT2D eigenvalue weighted by molar-refractivity contribution is -0.126. The van der Waals surface area contributed by atoms with Crippen molar-refractivity contribution in [3.63, 3.8) is 0 Å². The zero-order valence-corrected chi connectivity index (χ0v) is 11.9. The van der Waals surface area contributed by atoms with Crippen LogP contribution in [0.5, 0.6) is 0 Å². The van der Waals surface area contributed by atoms with Crippen LogP contribution in [0.4, 0.5) is 0 Å². The van der Waals surface area contributed by atoms with E-state index in [9.17, 15) is 9.59 Å². The van der Waals surface area contributed by atoms with Crippen LogP contribution in [0.15, 0.2) is 16.8 Å². The molecule has 102 valence electrons. The third-order valence-electron chi connectivity index (χ3n) is 4.30. The number of thiophene rings is 1. The van der Waals surface area contributed by atoms with Crippen molar-refractivity contribution in [3.8, 4) is 0 Å². The molecule has 0 aromatic carbocycles. The lowest BCUT2D eigenvalue weighted by atomic mass is 9.85. The molecule has 19 heavy (non-hydrogen) atoms. The number of likely N-dealkylation sites (N-methyl/N-ethyl adjacent to an activating group) is 1. The van der Waals surface area contributed by atoms with Crippen molar-refractivity contribution in [1.82, 2.24) is 9.80 Å². The van der Waals surface area contributed by atoms with Crippen molar-refractivity contribution in [2.75, 3.05) is 20.1 Å². The average Bonchev–Trinajstić information content (AvgIpc) is 2.99. The van der Waals surface area contributed by atoms with Gasteiger partial charge in [0.05, 0.1) is 17.5 Å². The molecule has 0 unspecified atom stereocenters. The number of amides is 2. The Hall–Kier alpha value is -1.36. The summed E-state index contributed by atoms with van der Waals surface area (Å²) in [6, 6.07) is 1.87. The second-order valence-corrected chi connectivity index (χ2v) is 6.36. The Bertz CT molecular complexity index is 500. The normalized spacial score (nSPS) is 27.3. The third kappa shape index (κ3) is 2.06. The number of hydrogen-bond acceptors (Lipinski definition) is 3. The maximum Gasteiger partial charge on any atom is 0.255 e. The number of likely N-dealkylation sites (tertiary alicyclic amines) is 2. The van der Waals surface area contributed by atoms with Crippen LogP contribution < -0.4 is 0 Å². The van der Waals surface area contributed by atoms with Crippen LogP contribution in [-0.4, -0.2) is 47.3 Å². The fourth-order valence-electron chi connectivity index (χ4n) is 3.31. The predicted octanol–water partition coefficient (Wildman–Crippen LogP) is 1.98. The van der Waals surface area contributed by atoms with Crippen LogP contribution in [-0.2, 0) is 4.79 Å². The molecule has 2 aliphatic rings. The number of nitrogens with zero attached hydrogens (tertiary/aromatic N) is 2. The minimum Gasteiger partial charge on any atom is -0.343 e. The molecular formula is C14H18N2O2S. The highest BCUT2D eigenvalue weighted by atomic mass is 32.1. The van der Waals surface area contributed by atoms with Gasteiger partial charge in [-0.3, -0.25) is 9.59 Å². The number of carbonyl (C=O) groups excluding carboxylic acids is 2. The Morgan fingerprint density at radius 3 is 2.89 bits per heavy atom. The van der Waals surface area contributed by atoms with Gasteiger partial charge in [0.15, 0.2) is 0 Å². The number of rotatable bonds is 1. The molecule has 3 rings (SSSR count). The molecule has 1 spiro atoms. The highest BCUT2D eigenvalue weighted by Gasteiger charge is 2.49. The summed E-state index contributed by atoms with van der Waals surface area (Å²) in [5, 5.41) is 3.82. The SMILES string of the molecule is CN1C[C@@]2(CCCCN2C(=O)c2ccsc2)CC1=O. The minimum atomic E-state index is -0.261. The van der Waals surface area contributed by atoms with Crippen LogP contribution in [0.3, 0.4) is 0 Å². The van der Waals surface area contributed by atoms with Gasteiger partial charge in [0.25, 0.3) is 5.91 Å². The Morgan fingerprint density at radius 2 is 2.26 bits per heavy atom. The third-order valence-corrected chi connectivity index (χ3v) is 4.98. The van der Waals surface area contributed by atoms with Gasteiger partial charge in [-0.05, 0) is 30.7 Å². The van der Waals surface area contributed by atoms with E-state index in [4.69, 9.17) is 0 Å². The molecule has 1 aromatic heterocycles. The summed E-state index contributed by atoms with van der Waals surface area (Å²) >= 11 is 1.54. The van der Waals surface area contributed by atoms with Crippen molar-refractivity contribution in [2.45, 2.75) is 31.2 Å². The lowest BCUT2D eigenvalue weighted by Gasteiger charge is -2.44. The summed E-state index contributed by atoms with van der Waals surface area (Å²) in [5.74, 6) is 0.245. The van der Waals surface area contributed by atoms with Crippen molar-refractivity contribution >= 4 is 23.2 Å². The molecule has 0 radical (unpaired) electrons. The van der Waals surface area contributed by atoms with Crippen LogP contribution in [0.2, 0.25) is 0 Å².